The lowest BCUT2D eigenvalue weighted by Gasteiger charge is -2.13. The summed E-state index contributed by atoms with van der Waals surface area (Å²) in [7, 11) is -1.69. The molecule has 2 rings (SSSR count). The van der Waals surface area contributed by atoms with Gasteiger partial charge in [0, 0.05) is 39.1 Å². The van der Waals surface area contributed by atoms with Crippen molar-refractivity contribution in [1.29, 1.82) is 0 Å². The summed E-state index contributed by atoms with van der Waals surface area (Å²) in [5.74, 6) is 0.364. The second kappa shape index (κ2) is 9.74. The van der Waals surface area contributed by atoms with Crippen molar-refractivity contribution in [2.45, 2.75) is 24.5 Å². The quantitative estimate of drug-likeness (QED) is 0.340. The van der Waals surface area contributed by atoms with Gasteiger partial charge in [-0.2, -0.15) is 13.2 Å². The van der Waals surface area contributed by atoms with Gasteiger partial charge in [-0.15, -0.1) is 0 Å². The minimum absolute atomic E-state index is 0.115. The van der Waals surface area contributed by atoms with Crippen LogP contribution in [0.3, 0.4) is 0 Å². The third-order valence-corrected chi connectivity index (χ3v) is 5.23. The average molecular weight is 444 g/mol. The van der Waals surface area contributed by atoms with Gasteiger partial charge < -0.3 is 16.0 Å². The Labute approximate surface area is 173 Å². The predicted octanol–water partition coefficient (Wildman–Crippen LogP) is 1.98. The molecule has 0 bridgehead atoms. The molecule has 164 valence electrons. The van der Waals surface area contributed by atoms with Crippen molar-refractivity contribution in [2.24, 2.45) is 4.99 Å². The number of guanidine groups is 1. The average Bonchev–Trinajstić information content (AvgIpc) is 2.66. The smallest absolute Gasteiger partial charge is 0.355 e. The summed E-state index contributed by atoms with van der Waals surface area (Å²) in [5, 5.41) is 8.80. The molecule has 0 aliphatic carbocycles. The molecular formula is C18H23F3N6O2S. The van der Waals surface area contributed by atoms with Gasteiger partial charge in [-0.05, 0) is 30.2 Å². The SMILES string of the molecule is CN=C(NCCNc1nccc(C(F)(F)F)n1)NCc1ccc(S(C)(=O)=O)c(C)c1. The van der Waals surface area contributed by atoms with Crippen LogP contribution >= 0.6 is 0 Å². The first-order valence-electron chi connectivity index (χ1n) is 8.89. The van der Waals surface area contributed by atoms with E-state index in [-0.39, 0.29) is 17.4 Å². The Kier molecular flexibility index (Phi) is 7.59. The Balaban J connectivity index is 1.83. The first kappa shape index (κ1) is 23.4. The summed E-state index contributed by atoms with van der Waals surface area (Å²) in [6, 6.07) is 5.87. The Hall–Kier alpha value is -2.89. The zero-order chi connectivity index (χ0) is 22.4. The Bertz CT molecular complexity index is 1010. The summed E-state index contributed by atoms with van der Waals surface area (Å²) >= 11 is 0. The van der Waals surface area contributed by atoms with Gasteiger partial charge in [-0.25, -0.2) is 18.4 Å². The zero-order valence-electron chi connectivity index (χ0n) is 16.7. The number of nitrogens with zero attached hydrogens (tertiary/aromatic N) is 3. The standard InChI is InChI=1S/C18H23F3N6O2S/c1-12-10-13(4-5-14(12)30(3,28)29)11-26-16(22-2)24-8-9-25-17-23-7-6-15(27-17)18(19,20)21/h4-7,10H,8-9,11H2,1-3H3,(H2,22,24,26)(H,23,25,27). The molecule has 1 heterocycles. The Morgan fingerprint density at radius 3 is 2.50 bits per heavy atom. The number of sulfone groups is 1. The van der Waals surface area contributed by atoms with Crippen molar-refractivity contribution in [3.05, 3.63) is 47.3 Å². The topological polar surface area (TPSA) is 108 Å². The van der Waals surface area contributed by atoms with E-state index in [1.165, 1.54) is 0 Å². The molecule has 8 nitrogen and oxygen atoms in total. The molecule has 0 atom stereocenters. The van der Waals surface area contributed by atoms with Gasteiger partial charge in [-0.1, -0.05) is 12.1 Å². The molecule has 30 heavy (non-hydrogen) atoms. The number of rotatable bonds is 7. The van der Waals surface area contributed by atoms with E-state index in [1.54, 1.807) is 32.2 Å². The van der Waals surface area contributed by atoms with Crippen LogP contribution in [0.5, 0.6) is 0 Å². The lowest BCUT2D eigenvalue weighted by Crippen LogP contribution is -2.39. The van der Waals surface area contributed by atoms with Crippen molar-refractivity contribution in [3.63, 3.8) is 0 Å². The Morgan fingerprint density at radius 2 is 1.90 bits per heavy atom. The number of hydrogen-bond acceptors (Lipinski definition) is 6. The molecule has 1 aromatic heterocycles. The molecule has 0 fully saturated rings. The van der Waals surface area contributed by atoms with Crippen LogP contribution in [-0.2, 0) is 22.6 Å². The van der Waals surface area contributed by atoms with Crippen LogP contribution in [0.2, 0.25) is 0 Å². The maximum Gasteiger partial charge on any atom is 0.433 e. The van der Waals surface area contributed by atoms with Crippen molar-refractivity contribution in [3.8, 4) is 0 Å². The number of alkyl halides is 3. The van der Waals surface area contributed by atoms with Gasteiger partial charge in [0.05, 0.1) is 4.90 Å². The molecule has 0 saturated carbocycles. The lowest BCUT2D eigenvalue weighted by molar-refractivity contribution is -0.141. The van der Waals surface area contributed by atoms with E-state index in [0.29, 0.717) is 24.6 Å². The van der Waals surface area contributed by atoms with Crippen molar-refractivity contribution < 1.29 is 21.6 Å². The predicted molar refractivity (Wildman–Crippen MR) is 108 cm³/mol. The highest BCUT2D eigenvalue weighted by Gasteiger charge is 2.32. The fourth-order valence-corrected chi connectivity index (χ4v) is 3.56. The van der Waals surface area contributed by atoms with Crippen molar-refractivity contribution >= 4 is 21.7 Å². The number of anilines is 1. The molecule has 0 aliphatic rings. The van der Waals surface area contributed by atoms with Crippen molar-refractivity contribution in [1.82, 2.24) is 20.6 Å². The van der Waals surface area contributed by atoms with Crippen LogP contribution in [0.25, 0.3) is 0 Å². The summed E-state index contributed by atoms with van der Waals surface area (Å²) in [4.78, 5) is 11.5. The van der Waals surface area contributed by atoms with Crippen LogP contribution in [0.15, 0.2) is 40.4 Å². The third-order valence-electron chi connectivity index (χ3n) is 3.97. The number of halogens is 3. The highest BCUT2D eigenvalue weighted by Crippen LogP contribution is 2.27. The first-order valence-corrected chi connectivity index (χ1v) is 10.8. The van der Waals surface area contributed by atoms with E-state index in [2.05, 4.69) is 30.9 Å². The second-order valence-corrected chi connectivity index (χ2v) is 8.40. The minimum Gasteiger partial charge on any atom is -0.355 e. The fourth-order valence-electron chi connectivity index (χ4n) is 2.60. The van der Waals surface area contributed by atoms with E-state index in [4.69, 9.17) is 0 Å². The molecule has 0 radical (unpaired) electrons. The summed E-state index contributed by atoms with van der Waals surface area (Å²) in [6.07, 6.45) is -2.32. The molecule has 0 saturated heterocycles. The minimum atomic E-state index is -4.53. The molecule has 12 heteroatoms. The van der Waals surface area contributed by atoms with Gasteiger partial charge in [0.2, 0.25) is 5.95 Å². The normalized spacial score (nSPS) is 12.5. The van der Waals surface area contributed by atoms with Crippen LogP contribution in [0, 0.1) is 6.92 Å². The van der Waals surface area contributed by atoms with Gasteiger partial charge in [0.1, 0.15) is 5.69 Å². The maximum atomic E-state index is 12.7. The largest absolute Gasteiger partial charge is 0.433 e. The molecule has 0 amide bonds. The fraction of sp³-hybridized carbons (Fsp3) is 0.389. The number of aryl methyl sites for hydroxylation is 1. The van der Waals surface area contributed by atoms with Crippen LogP contribution < -0.4 is 16.0 Å². The highest BCUT2D eigenvalue weighted by atomic mass is 32.2. The summed E-state index contributed by atoms with van der Waals surface area (Å²) in [5.41, 5.74) is 0.519. The van der Waals surface area contributed by atoms with Gasteiger partial charge in [0.25, 0.3) is 0 Å². The van der Waals surface area contributed by atoms with Crippen LogP contribution in [0.4, 0.5) is 19.1 Å². The number of benzene rings is 1. The van der Waals surface area contributed by atoms with Gasteiger partial charge >= 0.3 is 6.18 Å². The molecule has 0 spiro atoms. The summed E-state index contributed by atoms with van der Waals surface area (Å²) in [6.45, 7) is 2.76. The van der Waals surface area contributed by atoms with E-state index in [0.717, 1.165) is 24.1 Å². The first-order chi connectivity index (χ1) is 14.0. The number of aliphatic imine (C=N–C) groups is 1. The van der Waals surface area contributed by atoms with E-state index < -0.39 is 21.7 Å². The highest BCUT2D eigenvalue weighted by molar-refractivity contribution is 7.90. The number of hydrogen-bond donors (Lipinski definition) is 3. The third kappa shape index (κ3) is 6.87. The van der Waals surface area contributed by atoms with Crippen LogP contribution in [0.1, 0.15) is 16.8 Å². The monoisotopic (exact) mass is 444 g/mol. The maximum absolute atomic E-state index is 12.7. The molecular weight excluding hydrogens is 421 g/mol. The van der Waals surface area contributed by atoms with Gasteiger partial charge in [-0.3, -0.25) is 4.99 Å². The van der Waals surface area contributed by atoms with Crippen LogP contribution in [-0.4, -0.2) is 50.7 Å². The molecule has 0 unspecified atom stereocenters. The van der Waals surface area contributed by atoms with E-state index >= 15 is 0 Å². The summed E-state index contributed by atoms with van der Waals surface area (Å²) < 4.78 is 61.3. The van der Waals surface area contributed by atoms with E-state index in [9.17, 15) is 21.6 Å². The number of aromatic nitrogens is 2. The molecule has 2 aromatic rings. The Morgan fingerprint density at radius 1 is 1.17 bits per heavy atom. The second-order valence-electron chi connectivity index (χ2n) is 6.41. The number of nitrogens with one attached hydrogen (secondary N) is 3. The molecule has 3 N–H and O–H groups in total. The van der Waals surface area contributed by atoms with Crippen molar-refractivity contribution in [2.75, 3.05) is 31.7 Å². The zero-order valence-corrected chi connectivity index (χ0v) is 17.5. The van der Waals surface area contributed by atoms with Gasteiger partial charge in [0.15, 0.2) is 15.8 Å². The van der Waals surface area contributed by atoms with E-state index in [1.807, 2.05) is 0 Å². The molecule has 0 aliphatic heterocycles. The molecule has 1 aromatic carbocycles. The lowest BCUT2D eigenvalue weighted by atomic mass is 10.1.